The monoisotopic (exact) mass is 352 g/mol. The molecule has 3 rings (SSSR count). The molecule has 2 fully saturated rings. The van der Waals surface area contributed by atoms with Crippen LogP contribution in [0.5, 0.6) is 5.75 Å². The molecule has 0 aromatic heterocycles. The van der Waals surface area contributed by atoms with E-state index in [0.717, 1.165) is 41.8 Å². The van der Waals surface area contributed by atoms with Crippen molar-refractivity contribution in [3.63, 3.8) is 0 Å². The molecule has 1 saturated heterocycles. The van der Waals surface area contributed by atoms with Gasteiger partial charge in [-0.1, -0.05) is 28.8 Å². The summed E-state index contributed by atoms with van der Waals surface area (Å²) >= 11 is 3.61. The van der Waals surface area contributed by atoms with Crippen LogP contribution >= 0.6 is 15.9 Å². The van der Waals surface area contributed by atoms with Crippen LogP contribution < -0.4 is 5.32 Å². The fourth-order valence-electron chi connectivity index (χ4n) is 3.97. The minimum atomic E-state index is 0.366. The number of piperazine rings is 1. The van der Waals surface area contributed by atoms with Crippen molar-refractivity contribution in [2.24, 2.45) is 5.92 Å². The summed E-state index contributed by atoms with van der Waals surface area (Å²) in [5.74, 6) is 1.18. The van der Waals surface area contributed by atoms with E-state index in [9.17, 15) is 5.11 Å². The highest BCUT2D eigenvalue weighted by Crippen LogP contribution is 2.44. The first-order chi connectivity index (χ1) is 10.2. The molecule has 1 aliphatic heterocycles. The summed E-state index contributed by atoms with van der Waals surface area (Å²) in [6.45, 7) is 6.25. The van der Waals surface area contributed by atoms with Gasteiger partial charge in [0.25, 0.3) is 0 Å². The molecule has 21 heavy (non-hydrogen) atoms. The second-order valence-corrected chi connectivity index (χ2v) is 7.35. The summed E-state index contributed by atoms with van der Waals surface area (Å²) in [5, 5.41) is 14.1. The summed E-state index contributed by atoms with van der Waals surface area (Å²) in [5.41, 5.74) is 2.09. The number of phenols is 1. The maximum atomic E-state index is 10.6. The second-order valence-electron chi connectivity index (χ2n) is 6.44. The van der Waals surface area contributed by atoms with E-state index in [-0.39, 0.29) is 0 Å². The van der Waals surface area contributed by atoms with Crippen molar-refractivity contribution in [1.29, 1.82) is 0 Å². The Morgan fingerprint density at radius 1 is 1.24 bits per heavy atom. The molecule has 1 aromatic carbocycles. The van der Waals surface area contributed by atoms with Crippen LogP contribution in [-0.2, 0) is 0 Å². The smallest absolute Gasteiger partial charge is 0.123 e. The van der Waals surface area contributed by atoms with Crippen LogP contribution in [0.2, 0.25) is 0 Å². The number of nitrogens with one attached hydrogen (secondary N) is 1. The first kappa shape index (κ1) is 15.3. The fourth-order valence-corrected chi connectivity index (χ4v) is 4.56. The second kappa shape index (κ2) is 6.67. The van der Waals surface area contributed by atoms with Crippen molar-refractivity contribution in [3.05, 3.63) is 27.7 Å². The van der Waals surface area contributed by atoms with Crippen molar-refractivity contribution in [3.8, 4) is 5.75 Å². The minimum Gasteiger partial charge on any atom is -0.507 e. The van der Waals surface area contributed by atoms with Gasteiger partial charge in [-0.2, -0.15) is 0 Å². The van der Waals surface area contributed by atoms with E-state index in [1.165, 1.54) is 25.7 Å². The SMILES string of the molecule is Cc1cc(Br)cc([C@@H](C2CCCC2)N2CCNCC2)c1O. The topological polar surface area (TPSA) is 35.5 Å². The molecule has 1 aliphatic carbocycles. The lowest BCUT2D eigenvalue weighted by molar-refractivity contribution is 0.123. The van der Waals surface area contributed by atoms with Gasteiger partial charge in [0.05, 0.1) is 0 Å². The molecule has 1 aromatic rings. The van der Waals surface area contributed by atoms with Crippen LogP contribution in [0.25, 0.3) is 0 Å². The summed E-state index contributed by atoms with van der Waals surface area (Å²) in [4.78, 5) is 2.58. The number of nitrogens with zero attached hydrogens (tertiary/aromatic N) is 1. The van der Waals surface area contributed by atoms with Gasteiger partial charge in [0.2, 0.25) is 0 Å². The van der Waals surface area contributed by atoms with Crippen LogP contribution in [0.4, 0.5) is 0 Å². The Bertz CT molecular complexity index is 494. The van der Waals surface area contributed by atoms with Gasteiger partial charge in [0.15, 0.2) is 0 Å². The average molecular weight is 353 g/mol. The third-order valence-corrected chi connectivity index (χ3v) is 5.46. The van der Waals surface area contributed by atoms with Crippen LogP contribution in [0.1, 0.15) is 42.9 Å². The highest BCUT2D eigenvalue weighted by molar-refractivity contribution is 9.10. The Labute approximate surface area is 135 Å². The molecule has 1 atom stereocenters. The first-order valence-electron chi connectivity index (χ1n) is 8.10. The Balaban J connectivity index is 1.97. The number of benzene rings is 1. The van der Waals surface area contributed by atoms with E-state index in [1.807, 2.05) is 13.0 Å². The van der Waals surface area contributed by atoms with E-state index in [2.05, 4.69) is 32.2 Å². The molecule has 1 heterocycles. The van der Waals surface area contributed by atoms with Crippen LogP contribution in [-0.4, -0.2) is 36.2 Å². The lowest BCUT2D eigenvalue weighted by atomic mass is 9.88. The highest BCUT2D eigenvalue weighted by Gasteiger charge is 2.33. The van der Waals surface area contributed by atoms with E-state index < -0.39 is 0 Å². The van der Waals surface area contributed by atoms with E-state index >= 15 is 0 Å². The number of hydrogen-bond donors (Lipinski definition) is 2. The van der Waals surface area contributed by atoms with Crippen LogP contribution in [0, 0.1) is 12.8 Å². The Hall–Kier alpha value is -0.580. The Morgan fingerprint density at radius 3 is 2.57 bits per heavy atom. The predicted molar refractivity (Wildman–Crippen MR) is 89.7 cm³/mol. The Kier molecular flexibility index (Phi) is 4.87. The first-order valence-corrected chi connectivity index (χ1v) is 8.90. The molecule has 2 aliphatic rings. The maximum absolute atomic E-state index is 10.6. The molecule has 0 amide bonds. The number of aromatic hydroxyl groups is 1. The number of aryl methyl sites for hydroxylation is 1. The van der Waals surface area contributed by atoms with Crippen molar-refractivity contribution < 1.29 is 5.11 Å². The third kappa shape index (κ3) is 3.27. The summed E-state index contributed by atoms with van der Waals surface area (Å²) in [7, 11) is 0. The van der Waals surface area contributed by atoms with Crippen molar-refractivity contribution >= 4 is 15.9 Å². The molecule has 0 radical (unpaired) electrons. The summed E-state index contributed by atoms with van der Waals surface area (Å²) in [6, 6.07) is 4.50. The number of halogens is 1. The molecule has 116 valence electrons. The van der Waals surface area contributed by atoms with Gasteiger partial charge in [0.1, 0.15) is 5.75 Å². The lowest BCUT2D eigenvalue weighted by Crippen LogP contribution is -2.46. The van der Waals surface area contributed by atoms with Crippen molar-refractivity contribution in [2.75, 3.05) is 26.2 Å². The predicted octanol–water partition coefficient (Wildman–Crippen LogP) is 3.60. The fraction of sp³-hybridized carbons (Fsp3) is 0.647. The molecular formula is C17H25BrN2O. The molecule has 1 saturated carbocycles. The summed E-state index contributed by atoms with van der Waals surface area (Å²) in [6.07, 6.45) is 5.25. The maximum Gasteiger partial charge on any atom is 0.123 e. The molecular weight excluding hydrogens is 328 g/mol. The molecule has 0 unspecified atom stereocenters. The zero-order chi connectivity index (χ0) is 14.8. The van der Waals surface area contributed by atoms with Crippen molar-refractivity contribution in [2.45, 2.75) is 38.6 Å². The van der Waals surface area contributed by atoms with Crippen molar-refractivity contribution in [1.82, 2.24) is 10.2 Å². The number of hydrogen-bond acceptors (Lipinski definition) is 3. The highest BCUT2D eigenvalue weighted by atomic mass is 79.9. The van der Waals surface area contributed by atoms with Crippen LogP contribution in [0.3, 0.4) is 0 Å². The average Bonchev–Trinajstić information content (AvgIpc) is 2.99. The molecule has 0 spiro atoms. The lowest BCUT2D eigenvalue weighted by Gasteiger charge is -2.39. The van der Waals surface area contributed by atoms with Gasteiger partial charge in [-0.05, 0) is 43.4 Å². The standard InChI is InChI=1S/C17H25BrN2O/c1-12-10-14(18)11-15(17(12)21)16(13-4-2-3-5-13)20-8-6-19-7-9-20/h10-11,13,16,19,21H,2-9H2,1H3/t16-/m1/s1. The molecule has 4 heteroatoms. The zero-order valence-corrected chi connectivity index (χ0v) is 14.3. The van der Waals surface area contributed by atoms with Gasteiger partial charge in [-0.15, -0.1) is 0 Å². The van der Waals surface area contributed by atoms with Crippen LogP contribution in [0.15, 0.2) is 16.6 Å². The van der Waals surface area contributed by atoms with Gasteiger partial charge < -0.3 is 10.4 Å². The van der Waals surface area contributed by atoms with Gasteiger partial charge in [0, 0.05) is 42.3 Å². The van der Waals surface area contributed by atoms with E-state index in [1.54, 1.807) is 0 Å². The zero-order valence-electron chi connectivity index (χ0n) is 12.7. The molecule has 2 N–H and O–H groups in total. The largest absolute Gasteiger partial charge is 0.507 e. The summed E-state index contributed by atoms with van der Waals surface area (Å²) < 4.78 is 1.07. The Morgan fingerprint density at radius 2 is 1.90 bits per heavy atom. The minimum absolute atomic E-state index is 0.366. The van der Waals surface area contributed by atoms with Gasteiger partial charge in [-0.3, -0.25) is 4.90 Å². The number of phenolic OH excluding ortho intramolecular Hbond substituents is 1. The number of rotatable bonds is 3. The normalized spacial score (nSPS) is 22.6. The van der Waals surface area contributed by atoms with Gasteiger partial charge >= 0.3 is 0 Å². The van der Waals surface area contributed by atoms with E-state index in [0.29, 0.717) is 17.7 Å². The van der Waals surface area contributed by atoms with E-state index in [4.69, 9.17) is 0 Å². The van der Waals surface area contributed by atoms with Gasteiger partial charge in [-0.25, -0.2) is 0 Å². The molecule has 0 bridgehead atoms. The molecule has 3 nitrogen and oxygen atoms in total. The quantitative estimate of drug-likeness (QED) is 0.872. The third-order valence-electron chi connectivity index (χ3n) is 5.00.